The first kappa shape index (κ1) is 11.9. The van der Waals surface area contributed by atoms with Crippen molar-refractivity contribution in [1.82, 2.24) is 4.90 Å². The van der Waals surface area contributed by atoms with Gasteiger partial charge in [-0.05, 0) is 14.0 Å². The topological polar surface area (TPSA) is 72.6 Å². The van der Waals surface area contributed by atoms with Gasteiger partial charge in [-0.1, -0.05) is 0 Å². The zero-order valence-corrected chi connectivity index (χ0v) is 8.24. The number of esters is 1. The van der Waals surface area contributed by atoms with Crippen molar-refractivity contribution in [3.63, 3.8) is 0 Å². The molecule has 1 unspecified atom stereocenters. The highest BCUT2D eigenvalue weighted by Gasteiger charge is 2.15. The second-order valence-corrected chi connectivity index (χ2v) is 3.01. The van der Waals surface area contributed by atoms with Gasteiger partial charge in [0.1, 0.15) is 0 Å². The summed E-state index contributed by atoms with van der Waals surface area (Å²) in [4.78, 5) is 23.1. The van der Waals surface area contributed by atoms with Crippen LogP contribution in [0.2, 0.25) is 0 Å². The molecule has 5 heteroatoms. The number of carbonyl (C=O) groups is 2. The number of carbonyl (C=O) groups excluding carboxylic acids is 2. The highest BCUT2D eigenvalue weighted by molar-refractivity contribution is 5.76. The molecule has 0 aliphatic heterocycles. The predicted octanol–water partition coefficient (Wildman–Crippen LogP) is -0.645. The molecule has 5 nitrogen and oxygen atoms in total. The maximum atomic E-state index is 10.8. The summed E-state index contributed by atoms with van der Waals surface area (Å²) in [6.45, 7) is 1.98. The van der Waals surface area contributed by atoms with E-state index < -0.39 is 5.91 Å². The zero-order chi connectivity index (χ0) is 10.4. The fourth-order valence-electron chi connectivity index (χ4n) is 0.882. The molecule has 0 rings (SSSR count). The van der Waals surface area contributed by atoms with Crippen LogP contribution in [0.4, 0.5) is 0 Å². The van der Waals surface area contributed by atoms with Crippen LogP contribution in [0.25, 0.3) is 0 Å². The summed E-state index contributed by atoms with van der Waals surface area (Å²) in [5, 5.41) is 0. The Labute approximate surface area is 77.8 Å². The third-order valence-corrected chi connectivity index (χ3v) is 1.85. The van der Waals surface area contributed by atoms with Gasteiger partial charge in [0, 0.05) is 6.04 Å². The number of ether oxygens (including phenoxy) is 1. The average Bonchev–Trinajstić information content (AvgIpc) is 2.02. The van der Waals surface area contributed by atoms with Gasteiger partial charge in [0.2, 0.25) is 5.91 Å². The molecular weight excluding hydrogens is 172 g/mol. The summed E-state index contributed by atoms with van der Waals surface area (Å²) in [6.07, 6.45) is 0.264. The van der Waals surface area contributed by atoms with Crippen molar-refractivity contribution in [3.05, 3.63) is 0 Å². The van der Waals surface area contributed by atoms with E-state index in [4.69, 9.17) is 5.73 Å². The molecule has 0 aliphatic carbocycles. The van der Waals surface area contributed by atoms with Gasteiger partial charge in [-0.15, -0.1) is 0 Å². The van der Waals surface area contributed by atoms with Gasteiger partial charge in [-0.2, -0.15) is 0 Å². The molecule has 0 aliphatic rings. The molecular formula is C8H16N2O3. The molecule has 2 N–H and O–H groups in total. The Morgan fingerprint density at radius 3 is 2.46 bits per heavy atom. The van der Waals surface area contributed by atoms with Crippen LogP contribution in [0.1, 0.15) is 13.3 Å². The second kappa shape index (κ2) is 5.53. The van der Waals surface area contributed by atoms with Crippen molar-refractivity contribution >= 4 is 11.9 Å². The summed E-state index contributed by atoms with van der Waals surface area (Å²) < 4.78 is 4.49. The number of hydrogen-bond donors (Lipinski definition) is 1. The van der Waals surface area contributed by atoms with Crippen molar-refractivity contribution in [1.29, 1.82) is 0 Å². The molecule has 1 amide bonds. The van der Waals surface area contributed by atoms with E-state index in [-0.39, 0.29) is 25.0 Å². The van der Waals surface area contributed by atoms with E-state index in [1.807, 2.05) is 6.92 Å². The minimum Gasteiger partial charge on any atom is -0.469 e. The first-order chi connectivity index (χ1) is 5.97. The lowest BCUT2D eigenvalue weighted by atomic mass is 10.2. The van der Waals surface area contributed by atoms with Crippen molar-refractivity contribution < 1.29 is 14.3 Å². The van der Waals surface area contributed by atoms with E-state index in [9.17, 15) is 9.59 Å². The standard InChI is InChI=1S/C8H16N2O3/c1-6(4-8(12)13-3)10(2)5-7(9)11/h6H,4-5H2,1-3H3,(H2,9,11). The number of likely N-dealkylation sites (N-methyl/N-ethyl adjacent to an activating group) is 1. The molecule has 0 heterocycles. The van der Waals surface area contributed by atoms with Gasteiger partial charge in [0.05, 0.1) is 20.1 Å². The van der Waals surface area contributed by atoms with Crippen LogP contribution in [-0.2, 0) is 14.3 Å². The summed E-state index contributed by atoms with van der Waals surface area (Å²) in [6, 6.07) is -0.0417. The molecule has 0 bridgehead atoms. The molecule has 0 fully saturated rings. The SMILES string of the molecule is COC(=O)CC(C)N(C)CC(N)=O. The molecule has 0 saturated heterocycles. The van der Waals surface area contributed by atoms with Crippen LogP contribution in [0.5, 0.6) is 0 Å². The van der Waals surface area contributed by atoms with E-state index in [1.165, 1.54) is 7.11 Å². The Kier molecular flexibility index (Phi) is 5.06. The number of methoxy groups -OCH3 is 1. The number of nitrogens with two attached hydrogens (primary N) is 1. The summed E-state index contributed by atoms with van der Waals surface area (Å²) in [5.41, 5.74) is 5.00. The molecule has 0 aromatic heterocycles. The molecule has 13 heavy (non-hydrogen) atoms. The maximum absolute atomic E-state index is 10.8. The number of primary amides is 1. The van der Waals surface area contributed by atoms with E-state index in [0.29, 0.717) is 0 Å². The quantitative estimate of drug-likeness (QED) is 0.582. The van der Waals surface area contributed by atoms with Crippen molar-refractivity contribution in [2.75, 3.05) is 20.7 Å². The van der Waals surface area contributed by atoms with Gasteiger partial charge in [-0.3, -0.25) is 14.5 Å². The molecule has 0 aromatic carbocycles. The smallest absolute Gasteiger partial charge is 0.307 e. The fraction of sp³-hybridized carbons (Fsp3) is 0.750. The van der Waals surface area contributed by atoms with E-state index in [0.717, 1.165) is 0 Å². The number of hydrogen-bond acceptors (Lipinski definition) is 4. The van der Waals surface area contributed by atoms with E-state index in [1.54, 1.807) is 11.9 Å². The number of amides is 1. The summed E-state index contributed by atoms with van der Waals surface area (Å²) >= 11 is 0. The molecule has 0 radical (unpaired) electrons. The Balaban J connectivity index is 3.88. The lowest BCUT2D eigenvalue weighted by Gasteiger charge is -2.21. The Bertz CT molecular complexity index is 194. The minimum absolute atomic E-state index is 0.0417. The van der Waals surface area contributed by atoms with Crippen LogP contribution < -0.4 is 5.73 Å². The first-order valence-electron chi connectivity index (χ1n) is 4.02. The molecule has 0 aromatic rings. The monoisotopic (exact) mass is 188 g/mol. The van der Waals surface area contributed by atoms with Crippen LogP contribution in [0, 0.1) is 0 Å². The molecule has 0 saturated carbocycles. The van der Waals surface area contributed by atoms with Gasteiger partial charge >= 0.3 is 5.97 Å². The summed E-state index contributed by atoms with van der Waals surface area (Å²) in [7, 11) is 3.07. The van der Waals surface area contributed by atoms with Crippen LogP contribution in [0.3, 0.4) is 0 Å². The van der Waals surface area contributed by atoms with Gasteiger partial charge in [0.15, 0.2) is 0 Å². The normalized spacial score (nSPS) is 12.6. The lowest BCUT2D eigenvalue weighted by molar-refractivity contribution is -0.142. The fourth-order valence-corrected chi connectivity index (χ4v) is 0.882. The highest BCUT2D eigenvalue weighted by Crippen LogP contribution is 2.01. The second-order valence-electron chi connectivity index (χ2n) is 3.01. The largest absolute Gasteiger partial charge is 0.469 e. The zero-order valence-electron chi connectivity index (χ0n) is 8.24. The van der Waals surface area contributed by atoms with Gasteiger partial charge < -0.3 is 10.5 Å². The predicted molar refractivity (Wildman–Crippen MR) is 47.9 cm³/mol. The van der Waals surface area contributed by atoms with Crippen LogP contribution >= 0.6 is 0 Å². The third-order valence-electron chi connectivity index (χ3n) is 1.85. The summed E-state index contributed by atoms with van der Waals surface area (Å²) in [5.74, 6) is -0.692. The van der Waals surface area contributed by atoms with Crippen molar-refractivity contribution in [2.24, 2.45) is 5.73 Å². The molecule has 76 valence electrons. The molecule has 0 spiro atoms. The van der Waals surface area contributed by atoms with Crippen molar-refractivity contribution in [3.8, 4) is 0 Å². The molecule has 1 atom stereocenters. The number of nitrogens with zero attached hydrogens (tertiary/aromatic N) is 1. The maximum Gasteiger partial charge on any atom is 0.307 e. The third kappa shape index (κ3) is 5.19. The van der Waals surface area contributed by atoms with Gasteiger partial charge in [0.25, 0.3) is 0 Å². The van der Waals surface area contributed by atoms with E-state index in [2.05, 4.69) is 4.74 Å². The van der Waals surface area contributed by atoms with Crippen molar-refractivity contribution in [2.45, 2.75) is 19.4 Å². The van der Waals surface area contributed by atoms with E-state index >= 15 is 0 Å². The van der Waals surface area contributed by atoms with Crippen LogP contribution in [-0.4, -0.2) is 43.5 Å². The van der Waals surface area contributed by atoms with Gasteiger partial charge in [-0.25, -0.2) is 0 Å². The first-order valence-corrected chi connectivity index (χ1v) is 4.02. The Morgan fingerprint density at radius 1 is 1.54 bits per heavy atom. The highest BCUT2D eigenvalue weighted by atomic mass is 16.5. The van der Waals surface area contributed by atoms with Crippen LogP contribution in [0.15, 0.2) is 0 Å². The lowest BCUT2D eigenvalue weighted by Crippen LogP contribution is -2.38. The minimum atomic E-state index is -0.404. The Hall–Kier alpha value is -1.10. The number of rotatable bonds is 5. The Morgan fingerprint density at radius 2 is 2.08 bits per heavy atom. The average molecular weight is 188 g/mol.